The van der Waals surface area contributed by atoms with Gasteiger partial charge in [-0.2, -0.15) is 0 Å². The fourth-order valence-electron chi connectivity index (χ4n) is 1.14. The fourth-order valence-corrected chi connectivity index (χ4v) is 1.14. The maximum atomic E-state index is 4.49. The molecule has 12 heavy (non-hydrogen) atoms. The Hall–Kier alpha value is -0.890. The summed E-state index contributed by atoms with van der Waals surface area (Å²) in [5, 5.41) is 0. The van der Waals surface area contributed by atoms with Gasteiger partial charge in [0.25, 0.3) is 0 Å². The largest absolute Gasteiger partial charge is 0.304 e. The van der Waals surface area contributed by atoms with E-state index < -0.39 is 0 Å². The minimum atomic E-state index is 0.924. The van der Waals surface area contributed by atoms with Crippen molar-refractivity contribution < 1.29 is 0 Å². The Morgan fingerprint density at radius 1 is 1.25 bits per heavy atom. The Labute approximate surface area is 74.2 Å². The number of nitrogens with zero attached hydrogens (tertiary/aromatic N) is 2. The van der Waals surface area contributed by atoms with Crippen molar-refractivity contribution in [1.29, 1.82) is 0 Å². The van der Waals surface area contributed by atoms with Gasteiger partial charge in [-0.25, -0.2) is 0 Å². The van der Waals surface area contributed by atoms with Crippen molar-refractivity contribution in [3.05, 3.63) is 29.6 Å². The zero-order chi connectivity index (χ0) is 8.97. The summed E-state index contributed by atoms with van der Waals surface area (Å²) in [6, 6.07) is 6.21. The van der Waals surface area contributed by atoms with E-state index in [1.54, 1.807) is 0 Å². The first-order valence-electron chi connectivity index (χ1n) is 4.32. The van der Waals surface area contributed by atoms with Crippen LogP contribution in [0.2, 0.25) is 0 Å². The van der Waals surface area contributed by atoms with Gasteiger partial charge in [0.05, 0.1) is 5.69 Å². The predicted molar refractivity (Wildman–Crippen MR) is 51.0 cm³/mol. The zero-order valence-electron chi connectivity index (χ0n) is 8.04. The highest BCUT2D eigenvalue weighted by atomic mass is 15.1. The van der Waals surface area contributed by atoms with E-state index in [-0.39, 0.29) is 0 Å². The van der Waals surface area contributed by atoms with Gasteiger partial charge in [-0.3, -0.25) is 4.98 Å². The van der Waals surface area contributed by atoms with E-state index in [2.05, 4.69) is 49.1 Å². The van der Waals surface area contributed by atoms with E-state index in [1.807, 2.05) is 0 Å². The molecule has 0 saturated heterocycles. The summed E-state index contributed by atoms with van der Waals surface area (Å²) >= 11 is 0. The van der Waals surface area contributed by atoms with E-state index in [0.717, 1.165) is 18.7 Å². The minimum absolute atomic E-state index is 0.924. The molecule has 2 nitrogen and oxygen atoms in total. The van der Waals surface area contributed by atoms with E-state index in [9.17, 15) is 0 Å². The molecular weight excluding hydrogens is 148 g/mol. The average Bonchev–Trinajstić information content (AvgIpc) is 2.03. The highest BCUT2D eigenvalue weighted by Gasteiger charge is 1.96. The van der Waals surface area contributed by atoms with Gasteiger partial charge in [-0.15, -0.1) is 0 Å². The lowest BCUT2D eigenvalue weighted by Gasteiger charge is -2.09. The smallest absolute Gasteiger partial charge is 0.0547 e. The minimum Gasteiger partial charge on any atom is -0.304 e. The molecule has 1 rings (SSSR count). The number of pyridine rings is 1. The maximum absolute atomic E-state index is 4.49. The molecule has 0 aliphatic heterocycles. The van der Waals surface area contributed by atoms with Crippen molar-refractivity contribution in [2.75, 3.05) is 14.1 Å². The lowest BCUT2D eigenvalue weighted by atomic mass is 10.2. The summed E-state index contributed by atoms with van der Waals surface area (Å²) in [6.07, 6.45) is 1.02. The Bertz CT molecular complexity index is 243. The molecule has 0 spiro atoms. The molecular formula is C10H16N2. The molecule has 66 valence electrons. The molecule has 0 fully saturated rings. The first-order valence-corrected chi connectivity index (χ1v) is 4.32. The van der Waals surface area contributed by atoms with Crippen LogP contribution in [0, 0.1) is 0 Å². The molecule has 0 amide bonds. The number of aromatic nitrogens is 1. The van der Waals surface area contributed by atoms with Gasteiger partial charge in [-0.1, -0.05) is 13.0 Å². The second kappa shape index (κ2) is 4.21. The molecule has 0 aliphatic carbocycles. The number of rotatable bonds is 3. The van der Waals surface area contributed by atoms with Crippen molar-refractivity contribution in [2.24, 2.45) is 0 Å². The van der Waals surface area contributed by atoms with Crippen LogP contribution in [0.3, 0.4) is 0 Å². The normalized spacial score (nSPS) is 10.7. The van der Waals surface area contributed by atoms with E-state index >= 15 is 0 Å². The third-order valence-corrected chi connectivity index (χ3v) is 1.70. The van der Waals surface area contributed by atoms with Crippen LogP contribution in [0.15, 0.2) is 18.2 Å². The highest BCUT2D eigenvalue weighted by molar-refractivity contribution is 5.10. The summed E-state index contributed by atoms with van der Waals surface area (Å²) in [5.74, 6) is 0. The Balaban J connectivity index is 2.72. The molecule has 0 aliphatic rings. The zero-order valence-corrected chi connectivity index (χ0v) is 8.04. The highest BCUT2D eigenvalue weighted by Crippen LogP contribution is 2.01. The lowest BCUT2D eigenvalue weighted by Crippen LogP contribution is -2.12. The van der Waals surface area contributed by atoms with Crippen LogP contribution in [-0.4, -0.2) is 24.0 Å². The third kappa shape index (κ3) is 2.62. The second-order valence-corrected chi connectivity index (χ2v) is 3.21. The Morgan fingerprint density at radius 3 is 2.50 bits per heavy atom. The van der Waals surface area contributed by atoms with Crippen LogP contribution < -0.4 is 0 Å². The van der Waals surface area contributed by atoms with Gasteiger partial charge in [0.1, 0.15) is 0 Å². The second-order valence-electron chi connectivity index (χ2n) is 3.21. The SMILES string of the molecule is CCc1cccc(CN(C)C)n1. The summed E-state index contributed by atoms with van der Waals surface area (Å²) in [5.41, 5.74) is 2.33. The lowest BCUT2D eigenvalue weighted by molar-refractivity contribution is 0.396. The summed E-state index contributed by atoms with van der Waals surface area (Å²) in [7, 11) is 4.11. The number of hydrogen-bond donors (Lipinski definition) is 0. The Kier molecular flexibility index (Phi) is 3.23. The molecule has 0 unspecified atom stereocenters. The average molecular weight is 164 g/mol. The van der Waals surface area contributed by atoms with E-state index in [1.165, 1.54) is 5.69 Å². The van der Waals surface area contributed by atoms with Crippen molar-refractivity contribution in [3.63, 3.8) is 0 Å². The van der Waals surface area contributed by atoms with Crippen molar-refractivity contribution in [2.45, 2.75) is 19.9 Å². The predicted octanol–water partition coefficient (Wildman–Crippen LogP) is 1.71. The quantitative estimate of drug-likeness (QED) is 0.676. The summed E-state index contributed by atoms with van der Waals surface area (Å²) in [4.78, 5) is 6.62. The van der Waals surface area contributed by atoms with Gasteiger partial charge in [-0.05, 0) is 32.6 Å². The first kappa shape index (κ1) is 9.20. The third-order valence-electron chi connectivity index (χ3n) is 1.70. The summed E-state index contributed by atoms with van der Waals surface area (Å²) < 4.78 is 0. The van der Waals surface area contributed by atoms with Crippen molar-refractivity contribution >= 4 is 0 Å². The van der Waals surface area contributed by atoms with Crippen LogP contribution in [0.25, 0.3) is 0 Å². The number of hydrogen-bond acceptors (Lipinski definition) is 2. The molecule has 0 N–H and O–H groups in total. The van der Waals surface area contributed by atoms with Gasteiger partial charge in [0.15, 0.2) is 0 Å². The Morgan fingerprint density at radius 2 is 1.92 bits per heavy atom. The molecule has 1 aromatic heterocycles. The van der Waals surface area contributed by atoms with Gasteiger partial charge >= 0.3 is 0 Å². The van der Waals surface area contributed by atoms with Crippen LogP contribution in [-0.2, 0) is 13.0 Å². The monoisotopic (exact) mass is 164 g/mol. The van der Waals surface area contributed by atoms with E-state index in [4.69, 9.17) is 0 Å². The fraction of sp³-hybridized carbons (Fsp3) is 0.500. The maximum Gasteiger partial charge on any atom is 0.0547 e. The molecule has 0 saturated carbocycles. The molecule has 1 aromatic rings. The molecule has 0 atom stereocenters. The first-order chi connectivity index (χ1) is 5.72. The summed E-state index contributed by atoms with van der Waals surface area (Å²) in [6.45, 7) is 3.05. The van der Waals surface area contributed by atoms with Gasteiger partial charge in [0.2, 0.25) is 0 Å². The van der Waals surface area contributed by atoms with Crippen LogP contribution in [0.4, 0.5) is 0 Å². The van der Waals surface area contributed by atoms with Crippen molar-refractivity contribution in [3.8, 4) is 0 Å². The van der Waals surface area contributed by atoms with Crippen molar-refractivity contribution in [1.82, 2.24) is 9.88 Å². The van der Waals surface area contributed by atoms with E-state index in [0.29, 0.717) is 0 Å². The molecule has 0 radical (unpaired) electrons. The van der Waals surface area contributed by atoms with Crippen LogP contribution >= 0.6 is 0 Å². The number of aryl methyl sites for hydroxylation is 1. The van der Waals surface area contributed by atoms with Crippen LogP contribution in [0.5, 0.6) is 0 Å². The molecule has 0 bridgehead atoms. The molecule has 2 heteroatoms. The molecule has 1 heterocycles. The molecule has 0 aromatic carbocycles. The van der Waals surface area contributed by atoms with Crippen LogP contribution in [0.1, 0.15) is 18.3 Å². The van der Waals surface area contributed by atoms with Gasteiger partial charge < -0.3 is 4.90 Å². The topological polar surface area (TPSA) is 16.1 Å². The standard InChI is InChI=1S/C10H16N2/c1-4-9-6-5-7-10(11-9)8-12(2)3/h5-7H,4,8H2,1-3H3. The van der Waals surface area contributed by atoms with Gasteiger partial charge in [0, 0.05) is 12.2 Å².